The average molecular weight is 492 g/mol. The molecule has 2 amide bonds. The minimum atomic E-state index is -1.14. The number of carboxylic acids is 1. The van der Waals surface area contributed by atoms with E-state index in [-0.39, 0.29) is 24.7 Å². The van der Waals surface area contributed by atoms with Crippen LogP contribution in [0.1, 0.15) is 82.8 Å². The van der Waals surface area contributed by atoms with Gasteiger partial charge in [0.1, 0.15) is 6.04 Å². The molecule has 0 radical (unpaired) electrons. The molecule has 0 aliphatic carbocycles. The summed E-state index contributed by atoms with van der Waals surface area (Å²) in [6.45, 7) is 3.61. The Balaban J connectivity index is 2.26. The van der Waals surface area contributed by atoms with Crippen LogP contribution < -0.4 is 22.3 Å². The lowest BCUT2D eigenvalue weighted by atomic mass is 9.80. The number of guanidine groups is 1. The first-order valence-electron chi connectivity index (χ1n) is 12.1. The zero-order chi connectivity index (χ0) is 26.3. The normalized spacial score (nSPS) is 12.0. The van der Waals surface area contributed by atoms with Crippen LogP contribution in [0.4, 0.5) is 0 Å². The van der Waals surface area contributed by atoms with E-state index in [1.54, 1.807) is 13.8 Å². The summed E-state index contributed by atoms with van der Waals surface area (Å²) in [5.41, 5.74) is 13.7. The number of nitrogens with zero attached hydrogens (tertiary/aromatic N) is 1. The number of nitrogens with one attached hydrogen (secondary N) is 2. The molecular formula is C25H41N5O5. The van der Waals surface area contributed by atoms with Crippen LogP contribution in [0.2, 0.25) is 0 Å². The van der Waals surface area contributed by atoms with E-state index in [9.17, 15) is 14.4 Å². The Morgan fingerprint density at radius 3 is 2.11 bits per heavy atom. The number of aliphatic imine (C=N–C) groups is 1. The second-order valence-electron chi connectivity index (χ2n) is 9.52. The number of carbonyl (C=O) groups is 3. The molecule has 1 unspecified atom stereocenters. The first-order valence-corrected chi connectivity index (χ1v) is 12.1. The highest BCUT2D eigenvalue weighted by atomic mass is 16.5. The Labute approximate surface area is 207 Å². The van der Waals surface area contributed by atoms with Crippen LogP contribution in [-0.2, 0) is 27.3 Å². The Bertz CT molecular complexity index is 852. The van der Waals surface area contributed by atoms with Gasteiger partial charge >= 0.3 is 5.97 Å². The fourth-order valence-corrected chi connectivity index (χ4v) is 4.02. The SMILES string of the molecule is CC(C)(CC(=O)O)C(NC(=O)CCCCCCCCCc1ccccc1CN=C(N)N)C(=O)NO. The number of hydrogen-bond donors (Lipinski definition) is 6. The van der Waals surface area contributed by atoms with Crippen molar-refractivity contribution >= 4 is 23.7 Å². The largest absolute Gasteiger partial charge is 0.481 e. The van der Waals surface area contributed by atoms with E-state index in [0.29, 0.717) is 13.0 Å². The van der Waals surface area contributed by atoms with Crippen molar-refractivity contribution < 1.29 is 24.7 Å². The number of carboxylic acid groups (broad SMARTS) is 1. The summed E-state index contributed by atoms with van der Waals surface area (Å²) in [5.74, 6) is -2.16. The number of aliphatic carboxylic acids is 1. The van der Waals surface area contributed by atoms with Crippen molar-refractivity contribution in [2.24, 2.45) is 21.9 Å². The van der Waals surface area contributed by atoms with E-state index >= 15 is 0 Å². The van der Waals surface area contributed by atoms with Gasteiger partial charge in [-0.3, -0.25) is 19.6 Å². The van der Waals surface area contributed by atoms with Crippen LogP contribution in [0.25, 0.3) is 0 Å². The summed E-state index contributed by atoms with van der Waals surface area (Å²) in [6.07, 6.45) is 7.88. The number of hydroxylamine groups is 1. The molecule has 0 saturated heterocycles. The molecule has 1 aromatic rings. The fourth-order valence-electron chi connectivity index (χ4n) is 4.02. The smallest absolute Gasteiger partial charge is 0.303 e. The van der Waals surface area contributed by atoms with Crippen LogP contribution in [0.5, 0.6) is 0 Å². The van der Waals surface area contributed by atoms with Crippen molar-refractivity contribution in [3.63, 3.8) is 0 Å². The number of benzene rings is 1. The standard InChI is InChI=1S/C25H41N5O5/c1-25(2,16-21(32)33)22(23(34)30-35)29-20(31)15-9-7-5-3-4-6-8-12-18-13-10-11-14-19(18)17-28-24(26)27/h10-11,13-14,22,35H,3-9,12,15-17H2,1-2H3,(H,29,31)(H,30,34)(H,32,33)(H4,26,27,28). The third-order valence-corrected chi connectivity index (χ3v) is 5.97. The Morgan fingerprint density at radius 2 is 1.54 bits per heavy atom. The van der Waals surface area contributed by atoms with Gasteiger partial charge in [0.25, 0.3) is 5.91 Å². The molecule has 8 N–H and O–H groups in total. The van der Waals surface area contributed by atoms with Gasteiger partial charge in [0.15, 0.2) is 5.96 Å². The summed E-state index contributed by atoms with van der Waals surface area (Å²) < 4.78 is 0. The van der Waals surface area contributed by atoms with Crippen molar-refractivity contribution in [1.29, 1.82) is 0 Å². The summed E-state index contributed by atoms with van der Waals surface area (Å²) in [7, 11) is 0. The Morgan fingerprint density at radius 1 is 0.971 bits per heavy atom. The topological polar surface area (TPSA) is 180 Å². The highest BCUT2D eigenvalue weighted by molar-refractivity contribution is 5.88. The number of aryl methyl sites for hydroxylation is 1. The lowest BCUT2D eigenvalue weighted by Gasteiger charge is -2.31. The first-order chi connectivity index (χ1) is 16.6. The van der Waals surface area contributed by atoms with E-state index in [1.807, 2.05) is 18.2 Å². The molecule has 0 heterocycles. The number of nitrogens with two attached hydrogens (primary N) is 2. The predicted octanol–water partition coefficient (Wildman–Crippen LogP) is 2.61. The van der Waals surface area contributed by atoms with Gasteiger partial charge < -0.3 is 21.9 Å². The van der Waals surface area contributed by atoms with Crippen molar-refractivity contribution in [1.82, 2.24) is 10.8 Å². The summed E-state index contributed by atoms with van der Waals surface area (Å²) in [5, 5.41) is 20.6. The molecule has 0 fully saturated rings. The number of hydrogen-bond acceptors (Lipinski definition) is 5. The molecule has 0 aliphatic rings. The van der Waals surface area contributed by atoms with E-state index < -0.39 is 23.3 Å². The second-order valence-corrected chi connectivity index (χ2v) is 9.52. The number of carbonyl (C=O) groups excluding carboxylic acids is 2. The third-order valence-electron chi connectivity index (χ3n) is 5.97. The lowest BCUT2D eigenvalue weighted by Crippen LogP contribution is -2.54. The van der Waals surface area contributed by atoms with E-state index in [0.717, 1.165) is 50.5 Å². The average Bonchev–Trinajstić information content (AvgIpc) is 2.79. The Kier molecular flexibility index (Phi) is 13.4. The van der Waals surface area contributed by atoms with Gasteiger partial charge in [-0.2, -0.15) is 0 Å². The monoisotopic (exact) mass is 491 g/mol. The molecule has 196 valence electrons. The van der Waals surface area contributed by atoms with E-state index in [4.69, 9.17) is 21.8 Å². The number of unbranched alkanes of at least 4 members (excludes halogenated alkanes) is 6. The second kappa shape index (κ2) is 15.7. The lowest BCUT2D eigenvalue weighted by molar-refractivity contribution is -0.143. The maximum absolute atomic E-state index is 12.3. The van der Waals surface area contributed by atoms with Gasteiger partial charge in [-0.15, -0.1) is 0 Å². The molecule has 0 spiro atoms. The minimum absolute atomic E-state index is 0.0924. The molecule has 0 saturated carbocycles. The third kappa shape index (κ3) is 12.2. The van der Waals surface area contributed by atoms with Crippen molar-refractivity contribution in [2.45, 2.75) is 90.6 Å². The Hall–Kier alpha value is -3.14. The molecule has 1 atom stereocenters. The van der Waals surface area contributed by atoms with Gasteiger partial charge in [0.2, 0.25) is 5.91 Å². The molecule has 35 heavy (non-hydrogen) atoms. The zero-order valence-corrected chi connectivity index (χ0v) is 20.9. The summed E-state index contributed by atoms with van der Waals surface area (Å²) in [6, 6.07) is 7.03. The molecular weight excluding hydrogens is 450 g/mol. The summed E-state index contributed by atoms with van der Waals surface area (Å²) in [4.78, 5) is 39.4. The number of rotatable bonds is 17. The highest BCUT2D eigenvalue weighted by Crippen LogP contribution is 2.26. The first kappa shape index (κ1) is 29.9. The van der Waals surface area contributed by atoms with Crippen molar-refractivity contribution in [2.75, 3.05) is 0 Å². The molecule has 0 aliphatic heterocycles. The van der Waals surface area contributed by atoms with Gasteiger partial charge in [-0.25, -0.2) is 10.5 Å². The molecule has 0 aromatic heterocycles. The maximum atomic E-state index is 12.3. The van der Waals surface area contributed by atoms with Crippen LogP contribution in [0.15, 0.2) is 29.3 Å². The van der Waals surface area contributed by atoms with Crippen LogP contribution in [-0.4, -0.2) is 40.1 Å². The fraction of sp³-hybridized carbons (Fsp3) is 0.600. The van der Waals surface area contributed by atoms with E-state index in [2.05, 4.69) is 16.4 Å². The minimum Gasteiger partial charge on any atom is -0.481 e. The predicted molar refractivity (Wildman–Crippen MR) is 134 cm³/mol. The molecule has 0 bridgehead atoms. The van der Waals surface area contributed by atoms with Crippen LogP contribution >= 0.6 is 0 Å². The van der Waals surface area contributed by atoms with Crippen LogP contribution in [0.3, 0.4) is 0 Å². The van der Waals surface area contributed by atoms with Crippen molar-refractivity contribution in [3.05, 3.63) is 35.4 Å². The maximum Gasteiger partial charge on any atom is 0.303 e. The molecule has 1 rings (SSSR count). The van der Waals surface area contributed by atoms with Gasteiger partial charge in [0.05, 0.1) is 13.0 Å². The highest BCUT2D eigenvalue weighted by Gasteiger charge is 2.38. The van der Waals surface area contributed by atoms with Crippen LogP contribution in [0, 0.1) is 5.41 Å². The van der Waals surface area contributed by atoms with Crippen molar-refractivity contribution in [3.8, 4) is 0 Å². The quantitative estimate of drug-likeness (QED) is 0.0636. The molecule has 10 heteroatoms. The van der Waals surface area contributed by atoms with Gasteiger partial charge in [0, 0.05) is 11.8 Å². The van der Waals surface area contributed by atoms with Gasteiger partial charge in [-0.05, 0) is 30.4 Å². The molecule has 10 nitrogen and oxygen atoms in total. The molecule has 1 aromatic carbocycles. The summed E-state index contributed by atoms with van der Waals surface area (Å²) >= 11 is 0. The van der Waals surface area contributed by atoms with Gasteiger partial charge in [-0.1, -0.05) is 70.2 Å². The zero-order valence-electron chi connectivity index (χ0n) is 20.9. The number of amides is 2. The van der Waals surface area contributed by atoms with E-state index in [1.165, 1.54) is 11.0 Å².